The van der Waals surface area contributed by atoms with Gasteiger partial charge in [-0.1, -0.05) is 29.8 Å². The van der Waals surface area contributed by atoms with Gasteiger partial charge >= 0.3 is 0 Å². The predicted molar refractivity (Wildman–Crippen MR) is 67.6 cm³/mol. The number of nitrogens with one attached hydrogen (secondary N) is 1. The van der Waals surface area contributed by atoms with Crippen LogP contribution < -0.4 is 4.90 Å². The molecule has 1 aromatic rings. The molecule has 4 rings (SSSR count). The predicted octanol–water partition coefficient (Wildman–Crippen LogP) is 1.00. The molecule has 2 nitrogen and oxygen atoms in total. The Kier molecular flexibility index (Phi) is 2.39. The van der Waals surface area contributed by atoms with Crippen molar-refractivity contribution >= 4 is 0 Å². The monoisotopic (exact) mass is 230 g/mol. The standard InChI is InChI=1S/C15H19NO/c1-11-3-5-13(6-4-11)15(17)12(2)16-9-7-14(15)8-10-16/h3-6,14,17H,2,7-10H2,1H3/p+1. The molecule has 1 aromatic carbocycles. The maximum Gasteiger partial charge on any atom is 0.166 e. The van der Waals surface area contributed by atoms with E-state index in [4.69, 9.17) is 0 Å². The van der Waals surface area contributed by atoms with Gasteiger partial charge in [0.05, 0.1) is 13.1 Å². The lowest BCUT2D eigenvalue weighted by Crippen LogP contribution is -3.15. The fourth-order valence-electron chi connectivity index (χ4n) is 3.42. The van der Waals surface area contributed by atoms with E-state index in [1.54, 1.807) is 0 Å². The van der Waals surface area contributed by atoms with Crippen LogP contribution in [0.4, 0.5) is 0 Å². The molecule has 0 radical (unpaired) electrons. The Bertz CT molecular complexity index is 442. The Balaban J connectivity index is 2.05. The summed E-state index contributed by atoms with van der Waals surface area (Å²) in [7, 11) is 0. The molecule has 2 bridgehead atoms. The van der Waals surface area contributed by atoms with E-state index in [0.717, 1.165) is 37.2 Å². The topological polar surface area (TPSA) is 24.7 Å². The molecule has 3 aliphatic rings. The number of aliphatic hydroxyl groups is 1. The SMILES string of the molecule is C=C1[NH+]2CCC(CC2)C1(O)c1ccc(C)cc1. The minimum absolute atomic E-state index is 0.357. The normalized spacial score (nSPS) is 36.2. The maximum atomic E-state index is 11.1. The lowest BCUT2D eigenvalue weighted by atomic mass is 9.69. The van der Waals surface area contributed by atoms with Crippen LogP contribution in [0.5, 0.6) is 0 Å². The third kappa shape index (κ3) is 1.48. The molecule has 1 unspecified atom stereocenters. The summed E-state index contributed by atoms with van der Waals surface area (Å²) >= 11 is 0. The van der Waals surface area contributed by atoms with Gasteiger partial charge in [-0.25, -0.2) is 0 Å². The van der Waals surface area contributed by atoms with Crippen molar-refractivity contribution in [2.45, 2.75) is 25.4 Å². The second-order valence-electron chi connectivity index (χ2n) is 5.49. The van der Waals surface area contributed by atoms with E-state index in [1.165, 1.54) is 10.5 Å². The van der Waals surface area contributed by atoms with Crippen molar-refractivity contribution < 1.29 is 10.0 Å². The van der Waals surface area contributed by atoms with Crippen LogP contribution in [0.3, 0.4) is 0 Å². The maximum absolute atomic E-state index is 11.1. The summed E-state index contributed by atoms with van der Waals surface area (Å²) in [6.45, 7) is 8.51. The van der Waals surface area contributed by atoms with Gasteiger partial charge in [0.15, 0.2) is 5.60 Å². The summed E-state index contributed by atoms with van der Waals surface area (Å²) in [5.74, 6) is 0.357. The second kappa shape index (κ2) is 3.69. The van der Waals surface area contributed by atoms with E-state index in [-0.39, 0.29) is 0 Å². The quantitative estimate of drug-likeness (QED) is 0.739. The van der Waals surface area contributed by atoms with Crippen LogP contribution in [0.1, 0.15) is 24.0 Å². The van der Waals surface area contributed by atoms with Gasteiger partial charge < -0.3 is 10.0 Å². The van der Waals surface area contributed by atoms with Gasteiger partial charge in [0.1, 0.15) is 5.70 Å². The number of hydrogen-bond acceptors (Lipinski definition) is 1. The molecule has 0 amide bonds. The van der Waals surface area contributed by atoms with Gasteiger partial charge in [0, 0.05) is 18.8 Å². The number of hydrogen-bond donors (Lipinski definition) is 2. The smallest absolute Gasteiger partial charge is 0.166 e. The first-order valence-corrected chi connectivity index (χ1v) is 6.46. The number of aryl methyl sites for hydroxylation is 1. The Morgan fingerprint density at radius 3 is 2.35 bits per heavy atom. The fraction of sp³-hybridized carbons (Fsp3) is 0.467. The van der Waals surface area contributed by atoms with E-state index in [2.05, 4.69) is 37.8 Å². The summed E-state index contributed by atoms with van der Waals surface area (Å²) < 4.78 is 0. The zero-order valence-corrected chi connectivity index (χ0v) is 10.4. The molecule has 3 fully saturated rings. The third-order valence-corrected chi connectivity index (χ3v) is 4.56. The molecule has 0 aromatic heterocycles. The minimum Gasteiger partial charge on any atom is -0.375 e. The lowest BCUT2D eigenvalue weighted by Gasteiger charge is -2.48. The molecule has 90 valence electrons. The average molecular weight is 230 g/mol. The Labute approximate surface area is 103 Å². The summed E-state index contributed by atoms with van der Waals surface area (Å²) in [6.07, 6.45) is 2.22. The van der Waals surface area contributed by atoms with Crippen LogP contribution in [0.25, 0.3) is 0 Å². The number of piperidine rings is 3. The number of quaternary nitrogens is 1. The number of fused-ring (bicyclic) bond motifs is 3. The highest BCUT2D eigenvalue weighted by Crippen LogP contribution is 2.41. The van der Waals surface area contributed by atoms with Crippen LogP contribution in [-0.4, -0.2) is 18.2 Å². The number of rotatable bonds is 1. The molecule has 0 saturated carbocycles. The zero-order chi connectivity index (χ0) is 12.0. The summed E-state index contributed by atoms with van der Waals surface area (Å²) in [4.78, 5) is 1.38. The van der Waals surface area contributed by atoms with Gasteiger partial charge in [-0.2, -0.15) is 0 Å². The lowest BCUT2D eigenvalue weighted by molar-refractivity contribution is -0.886. The largest absolute Gasteiger partial charge is 0.375 e. The van der Waals surface area contributed by atoms with Crippen molar-refractivity contribution in [3.05, 3.63) is 47.7 Å². The first-order chi connectivity index (χ1) is 8.12. The van der Waals surface area contributed by atoms with E-state index in [9.17, 15) is 5.11 Å². The third-order valence-electron chi connectivity index (χ3n) is 4.56. The molecule has 17 heavy (non-hydrogen) atoms. The number of benzene rings is 1. The summed E-state index contributed by atoms with van der Waals surface area (Å²) in [5.41, 5.74) is 2.44. The van der Waals surface area contributed by atoms with Crippen molar-refractivity contribution in [1.29, 1.82) is 0 Å². The summed E-state index contributed by atoms with van der Waals surface area (Å²) in [6, 6.07) is 8.27. The van der Waals surface area contributed by atoms with Gasteiger partial charge in [-0.05, 0) is 19.1 Å². The summed E-state index contributed by atoms with van der Waals surface area (Å²) in [5, 5.41) is 11.1. The highest BCUT2D eigenvalue weighted by atomic mass is 16.3. The molecular formula is C15H20NO+. The fourth-order valence-corrected chi connectivity index (χ4v) is 3.42. The van der Waals surface area contributed by atoms with Crippen LogP contribution in [-0.2, 0) is 5.60 Å². The Morgan fingerprint density at radius 1 is 1.24 bits per heavy atom. The molecule has 3 heterocycles. The van der Waals surface area contributed by atoms with Crippen molar-refractivity contribution in [3.63, 3.8) is 0 Å². The van der Waals surface area contributed by atoms with E-state index >= 15 is 0 Å². The molecule has 1 atom stereocenters. The van der Waals surface area contributed by atoms with E-state index < -0.39 is 5.60 Å². The molecule has 0 aliphatic carbocycles. The van der Waals surface area contributed by atoms with Crippen molar-refractivity contribution in [2.75, 3.05) is 13.1 Å². The van der Waals surface area contributed by atoms with Crippen molar-refractivity contribution in [2.24, 2.45) is 5.92 Å². The second-order valence-corrected chi connectivity index (χ2v) is 5.49. The van der Waals surface area contributed by atoms with Crippen LogP contribution in [0.15, 0.2) is 36.5 Å². The van der Waals surface area contributed by atoms with Gasteiger partial charge in [0.2, 0.25) is 0 Å². The Morgan fingerprint density at radius 2 is 1.82 bits per heavy atom. The average Bonchev–Trinajstić information content (AvgIpc) is 2.36. The van der Waals surface area contributed by atoms with E-state index in [1.807, 2.05) is 0 Å². The van der Waals surface area contributed by atoms with Crippen LogP contribution in [0.2, 0.25) is 0 Å². The van der Waals surface area contributed by atoms with Crippen LogP contribution in [0, 0.1) is 12.8 Å². The molecule has 0 spiro atoms. The van der Waals surface area contributed by atoms with Gasteiger partial charge in [0.25, 0.3) is 0 Å². The van der Waals surface area contributed by atoms with Crippen LogP contribution >= 0.6 is 0 Å². The Hall–Kier alpha value is -1.12. The minimum atomic E-state index is -0.792. The molecule has 3 saturated heterocycles. The van der Waals surface area contributed by atoms with Gasteiger partial charge in [-0.3, -0.25) is 0 Å². The van der Waals surface area contributed by atoms with Crippen molar-refractivity contribution in [1.82, 2.24) is 0 Å². The highest BCUT2D eigenvalue weighted by molar-refractivity contribution is 5.33. The van der Waals surface area contributed by atoms with Crippen molar-refractivity contribution in [3.8, 4) is 0 Å². The zero-order valence-electron chi connectivity index (χ0n) is 10.4. The molecule has 2 heteroatoms. The highest BCUT2D eigenvalue weighted by Gasteiger charge is 2.53. The van der Waals surface area contributed by atoms with Gasteiger partial charge in [-0.15, -0.1) is 0 Å². The molecular weight excluding hydrogens is 210 g/mol. The first-order valence-electron chi connectivity index (χ1n) is 6.46. The molecule has 2 N–H and O–H groups in total. The molecule has 3 aliphatic heterocycles. The van der Waals surface area contributed by atoms with E-state index in [0.29, 0.717) is 5.92 Å². The first kappa shape index (κ1) is 11.0.